The van der Waals surface area contributed by atoms with E-state index < -0.39 is 0 Å². The van der Waals surface area contributed by atoms with E-state index in [0.29, 0.717) is 0 Å². The monoisotopic (exact) mass is 281 g/mol. The number of hydrogen-bond donors (Lipinski definition) is 1. The van der Waals surface area contributed by atoms with Crippen LogP contribution in [0.15, 0.2) is 42.7 Å². The number of nitrogens with two attached hydrogens (primary N) is 1. The third-order valence-electron chi connectivity index (χ3n) is 4.27. The highest BCUT2D eigenvalue weighted by molar-refractivity contribution is 5.58. The van der Waals surface area contributed by atoms with Gasteiger partial charge in [0.1, 0.15) is 0 Å². The van der Waals surface area contributed by atoms with Crippen LogP contribution < -0.4 is 10.6 Å². The van der Waals surface area contributed by atoms with Gasteiger partial charge in [-0.15, -0.1) is 0 Å². The second-order valence-corrected chi connectivity index (χ2v) is 6.01. The lowest BCUT2D eigenvalue weighted by Gasteiger charge is -2.40. The van der Waals surface area contributed by atoms with Crippen LogP contribution in [0.25, 0.3) is 0 Å². The van der Waals surface area contributed by atoms with Gasteiger partial charge in [-0.05, 0) is 56.0 Å². The van der Waals surface area contributed by atoms with E-state index in [4.69, 9.17) is 5.73 Å². The van der Waals surface area contributed by atoms with Crippen molar-refractivity contribution >= 4 is 5.69 Å². The second-order valence-electron chi connectivity index (χ2n) is 6.01. The van der Waals surface area contributed by atoms with E-state index >= 15 is 0 Å². The van der Waals surface area contributed by atoms with Crippen LogP contribution >= 0.6 is 0 Å². The van der Waals surface area contributed by atoms with E-state index in [0.717, 1.165) is 13.0 Å². The normalized spacial score (nSPS) is 17.2. The molecule has 1 aromatic heterocycles. The van der Waals surface area contributed by atoms with Gasteiger partial charge in [0.15, 0.2) is 0 Å². The summed E-state index contributed by atoms with van der Waals surface area (Å²) in [5.74, 6) is 0. The van der Waals surface area contributed by atoms with Crippen LogP contribution in [0.5, 0.6) is 0 Å². The molecule has 1 aromatic carbocycles. The number of nitrogens with zero attached hydrogens (tertiary/aromatic N) is 2. The Balaban J connectivity index is 2.03. The third kappa shape index (κ3) is 2.79. The molecule has 0 saturated heterocycles. The van der Waals surface area contributed by atoms with Gasteiger partial charge in [-0.1, -0.05) is 17.7 Å². The molecule has 2 N–H and O–H groups in total. The van der Waals surface area contributed by atoms with E-state index in [1.807, 2.05) is 12.4 Å². The van der Waals surface area contributed by atoms with Gasteiger partial charge in [0.2, 0.25) is 0 Å². The average Bonchev–Trinajstić information content (AvgIpc) is 2.48. The number of aryl methyl sites for hydroxylation is 2. The van der Waals surface area contributed by atoms with Crippen molar-refractivity contribution in [2.24, 2.45) is 5.73 Å². The summed E-state index contributed by atoms with van der Waals surface area (Å²) in [6.45, 7) is 5.31. The van der Waals surface area contributed by atoms with Crippen LogP contribution in [0, 0.1) is 6.92 Å². The highest BCUT2D eigenvalue weighted by Crippen LogP contribution is 2.35. The van der Waals surface area contributed by atoms with Gasteiger partial charge in [-0.25, -0.2) is 0 Å². The molecule has 3 rings (SSSR count). The maximum absolute atomic E-state index is 6.32. The Morgan fingerprint density at radius 2 is 1.95 bits per heavy atom. The molecule has 3 heteroatoms. The summed E-state index contributed by atoms with van der Waals surface area (Å²) in [6, 6.07) is 11.2. The minimum absolute atomic E-state index is 0.0691. The first kappa shape index (κ1) is 14.1. The highest BCUT2D eigenvalue weighted by Gasteiger charge is 2.28. The number of anilines is 1. The lowest BCUT2D eigenvalue weighted by atomic mass is 9.93. The van der Waals surface area contributed by atoms with Gasteiger partial charge in [-0.2, -0.15) is 0 Å². The van der Waals surface area contributed by atoms with Gasteiger partial charge in [0.05, 0.1) is 6.04 Å². The Hall–Kier alpha value is -1.87. The van der Waals surface area contributed by atoms with Gasteiger partial charge >= 0.3 is 0 Å². The predicted octanol–water partition coefficient (Wildman–Crippen LogP) is 3.23. The van der Waals surface area contributed by atoms with Crippen molar-refractivity contribution in [1.29, 1.82) is 0 Å². The molecule has 1 aliphatic rings. The van der Waals surface area contributed by atoms with Crippen molar-refractivity contribution in [2.75, 3.05) is 11.4 Å². The van der Waals surface area contributed by atoms with Gasteiger partial charge in [-0.3, -0.25) is 4.98 Å². The quantitative estimate of drug-likeness (QED) is 0.939. The minimum atomic E-state index is 0.0691. The number of pyridine rings is 1. The molecular weight excluding hydrogens is 258 g/mol. The Labute approximate surface area is 126 Å². The standard InChI is InChI=1S/C18H23N3/c1-13-5-6-17-16(12-13)4-3-11-21(17)18(14(2)19)15-7-9-20-10-8-15/h5-10,12,14,18H,3-4,11,19H2,1-2H3. The lowest BCUT2D eigenvalue weighted by molar-refractivity contribution is 0.510. The Morgan fingerprint density at radius 1 is 1.19 bits per heavy atom. The maximum atomic E-state index is 6.32. The van der Waals surface area contributed by atoms with Crippen LogP contribution in [-0.4, -0.2) is 17.6 Å². The SMILES string of the molecule is Cc1ccc2c(c1)CCCN2C(c1ccncc1)C(C)N. The van der Waals surface area contributed by atoms with Crippen molar-refractivity contribution in [3.8, 4) is 0 Å². The zero-order valence-electron chi connectivity index (χ0n) is 12.8. The molecule has 0 bridgehead atoms. The molecule has 110 valence electrons. The minimum Gasteiger partial charge on any atom is -0.363 e. The maximum Gasteiger partial charge on any atom is 0.0691 e. The molecule has 2 atom stereocenters. The molecule has 2 aromatic rings. The summed E-state index contributed by atoms with van der Waals surface area (Å²) in [5.41, 5.74) is 11.7. The molecule has 2 unspecified atom stereocenters. The van der Waals surface area contributed by atoms with Crippen LogP contribution in [0.2, 0.25) is 0 Å². The fourth-order valence-corrected chi connectivity index (χ4v) is 3.37. The molecular formula is C18H23N3. The molecule has 0 spiro atoms. The first-order valence-electron chi connectivity index (χ1n) is 7.68. The fourth-order valence-electron chi connectivity index (χ4n) is 3.37. The first-order chi connectivity index (χ1) is 10.2. The van der Waals surface area contributed by atoms with Crippen molar-refractivity contribution in [2.45, 2.75) is 38.8 Å². The third-order valence-corrected chi connectivity index (χ3v) is 4.27. The van der Waals surface area contributed by atoms with Gasteiger partial charge < -0.3 is 10.6 Å². The van der Waals surface area contributed by atoms with E-state index in [1.54, 1.807) is 0 Å². The molecule has 0 amide bonds. The molecule has 0 aliphatic carbocycles. The summed E-state index contributed by atoms with van der Waals surface area (Å²) >= 11 is 0. The van der Waals surface area contributed by atoms with Gasteiger partial charge in [0.25, 0.3) is 0 Å². The largest absolute Gasteiger partial charge is 0.363 e. The highest BCUT2D eigenvalue weighted by atomic mass is 15.2. The molecule has 0 fully saturated rings. The second kappa shape index (κ2) is 5.86. The zero-order chi connectivity index (χ0) is 14.8. The van der Waals surface area contributed by atoms with E-state index in [2.05, 4.69) is 54.1 Å². The fraction of sp³-hybridized carbons (Fsp3) is 0.389. The Bertz CT molecular complexity index is 607. The number of aromatic nitrogens is 1. The molecule has 2 heterocycles. The van der Waals surface area contributed by atoms with E-state index in [9.17, 15) is 0 Å². The molecule has 0 radical (unpaired) electrons. The summed E-state index contributed by atoms with van der Waals surface area (Å²) in [4.78, 5) is 6.60. The van der Waals surface area contributed by atoms with Crippen LogP contribution in [0.4, 0.5) is 5.69 Å². The van der Waals surface area contributed by atoms with E-state index in [-0.39, 0.29) is 12.1 Å². The summed E-state index contributed by atoms with van der Waals surface area (Å²) in [5, 5.41) is 0. The van der Waals surface area contributed by atoms with Crippen molar-refractivity contribution in [3.63, 3.8) is 0 Å². The zero-order valence-corrected chi connectivity index (χ0v) is 12.8. The summed E-state index contributed by atoms with van der Waals surface area (Å²) in [7, 11) is 0. The molecule has 3 nitrogen and oxygen atoms in total. The van der Waals surface area contributed by atoms with E-state index in [1.165, 1.54) is 28.8 Å². The van der Waals surface area contributed by atoms with Crippen molar-refractivity contribution in [3.05, 3.63) is 59.4 Å². The lowest BCUT2D eigenvalue weighted by Crippen LogP contribution is -2.42. The molecule has 0 saturated carbocycles. The number of fused-ring (bicyclic) bond motifs is 1. The van der Waals surface area contributed by atoms with Gasteiger partial charge in [0, 0.05) is 30.7 Å². The number of benzene rings is 1. The Morgan fingerprint density at radius 3 is 2.67 bits per heavy atom. The summed E-state index contributed by atoms with van der Waals surface area (Å²) < 4.78 is 0. The molecule has 1 aliphatic heterocycles. The van der Waals surface area contributed by atoms with Crippen LogP contribution in [0.3, 0.4) is 0 Å². The van der Waals surface area contributed by atoms with Crippen LogP contribution in [-0.2, 0) is 6.42 Å². The number of hydrogen-bond acceptors (Lipinski definition) is 3. The smallest absolute Gasteiger partial charge is 0.0691 e. The van der Waals surface area contributed by atoms with Crippen molar-refractivity contribution < 1.29 is 0 Å². The molecule has 21 heavy (non-hydrogen) atoms. The number of rotatable bonds is 3. The Kier molecular flexibility index (Phi) is 3.93. The predicted molar refractivity (Wildman–Crippen MR) is 87.5 cm³/mol. The van der Waals surface area contributed by atoms with Crippen LogP contribution in [0.1, 0.15) is 36.1 Å². The summed E-state index contributed by atoms with van der Waals surface area (Å²) in [6.07, 6.45) is 6.05. The van der Waals surface area contributed by atoms with Crippen molar-refractivity contribution in [1.82, 2.24) is 4.98 Å². The first-order valence-corrected chi connectivity index (χ1v) is 7.68. The average molecular weight is 281 g/mol. The topological polar surface area (TPSA) is 42.2 Å².